The van der Waals surface area contributed by atoms with Crippen molar-refractivity contribution in [3.63, 3.8) is 0 Å². The minimum Gasteiger partial charge on any atom is -0.490 e. The third kappa shape index (κ3) is 4.04. The predicted octanol–water partition coefficient (Wildman–Crippen LogP) is 3.79. The summed E-state index contributed by atoms with van der Waals surface area (Å²) in [5, 5.41) is 3.10. The van der Waals surface area contributed by atoms with E-state index in [9.17, 15) is 9.18 Å². The first-order valence-electron chi connectivity index (χ1n) is 8.20. The quantitative estimate of drug-likeness (QED) is 0.848. The summed E-state index contributed by atoms with van der Waals surface area (Å²) in [5.74, 6) is -0.105. The number of carbonyl (C=O) groups is 1. The van der Waals surface area contributed by atoms with Gasteiger partial charge in [-0.25, -0.2) is 4.39 Å². The molecule has 5 heteroatoms. The monoisotopic (exact) mass is 328 g/mol. The topological polar surface area (TPSA) is 64.4 Å². The van der Waals surface area contributed by atoms with Crippen LogP contribution in [0, 0.1) is 5.82 Å². The predicted molar refractivity (Wildman–Crippen MR) is 91.3 cm³/mol. The highest BCUT2D eigenvalue weighted by Gasteiger charge is 2.19. The van der Waals surface area contributed by atoms with E-state index >= 15 is 0 Å². The van der Waals surface area contributed by atoms with Crippen LogP contribution in [0.25, 0.3) is 0 Å². The lowest BCUT2D eigenvalue weighted by Crippen LogP contribution is -2.27. The number of nitrogens with two attached hydrogens (primary N) is 1. The summed E-state index contributed by atoms with van der Waals surface area (Å²) in [6, 6.07) is 12.5. The van der Waals surface area contributed by atoms with Gasteiger partial charge in [0.1, 0.15) is 17.6 Å². The Labute approximate surface area is 140 Å². The van der Waals surface area contributed by atoms with Gasteiger partial charge in [0.25, 0.3) is 0 Å². The van der Waals surface area contributed by atoms with Crippen molar-refractivity contribution >= 4 is 11.6 Å². The molecule has 0 spiro atoms. The van der Waals surface area contributed by atoms with Crippen LogP contribution in [0.4, 0.5) is 10.1 Å². The minimum atomic E-state index is -0.729. The molecule has 4 nitrogen and oxygen atoms in total. The van der Waals surface area contributed by atoms with E-state index in [4.69, 9.17) is 10.5 Å². The second-order valence-electron chi connectivity index (χ2n) is 6.08. The van der Waals surface area contributed by atoms with Crippen molar-refractivity contribution in [2.45, 2.75) is 37.8 Å². The van der Waals surface area contributed by atoms with Gasteiger partial charge in [-0.05, 0) is 55.5 Å². The molecule has 0 aliphatic heterocycles. The van der Waals surface area contributed by atoms with Crippen molar-refractivity contribution in [2.75, 3.05) is 5.32 Å². The van der Waals surface area contributed by atoms with Gasteiger partial charge in [0.2, 0.25) is 5.91 Å². The van der Waals surface area contributed by atoms with Crippen molar-refractivity contribution in [1.29, 1.82) is 0 Å². The first-order chi connectivity index (χ1) is 11.6. The second-order valence-corrected chi connectivity index (χ2v) is 6.08. The van der Waals surface area contributed by atoms with Gasteiger partial charge in [-0.1, -0.05) is 18.2 Å². The zero-order chi connectivity index (χ0) is 16.9. The summed E-state index contributed by atoms with van der Waals surface area (Å²) in [6.07, 6.45) is 4.84. The summed E-state index contributed by atoms with van der Waals surface area (Å²) in [7, 11) is 0. The molecule has 0 heterocycles. The average molecular weight is 328 g/mol. The van der Waals surface area contributed by atoms with Crippen molar-refractivity contribution in [2.24, 2.45) is 5.73 Å². The van der Waals surface area contributed by atoms with Gasteiger partial charge < -0.3 is 15.8 Å². The molecule has 2 aromatic carbocycles. The number of hydrogen-bond donors (Lipinski definition) is 2. The Kier molecular flexibility index (Phi) is 4.99. The molecule has 0 bridgehead atoms. The molecule has 1 aliphatic carbocycles. The summed E-state index contributed by atoms with van der Waals surface area (Å²) in [4.78, 5) is 11.8. The normalized spacial score (nSPS) is 15.9. The van der Waals surface area contributed by atoms with Crippen LogP contribution >= 0.6 is 0 Å². The second kappa shape index (κ2) is 7.34. The first-order valence-corrected chi connectivity index (χ1v) is 8.20. The van der Waals surface area contributed by atoms with Crippen molar-refractivity contribution in [3.8, 4) is 5.75 Å². The van der Waals surface area contributed by atoms with Gasteiger partial charge in [-0.15, -0.1) is 0 Å². The summed E-state index contributed by atoms with van der Waals surface area (Å²) in [5.41, 5.74) is 6.85. The molecule has 0 unspecified atom stereocenters. The number of primary amides is 1. The number of carbonyl (C=O) groups excluding carboxylic acids is 1. The summed E-state index contributed by atoms with van der Waals surface area (Å²) < 4.78 is 19.0. The van der Waals surface area contributed by atoms with Gasteiger partial charge in [0.15, 0.2) is 0 Å². The molecule has 1 saturated carbocycles. The summed E-state index contributed by atoms with van der Waals surface area (Å²) >= 11 is 0. The average Bonchev–Trinajstić information content (AvgIpc) is 3.07. The molecule has 3 N–H and O–H groups in total. The van der Waals surface area contributed by atoms with Crippen LogP contribution < -0.4 is 15.8 Å². The molecule has 0 aromatic heterocycles. The molecule has 1 fully saturated rings. The molecular weight excluding hydrogens is 307 g/mol. The van der Waals surface area contributed by atoms with E-state index in [1.165, 1.54) is 25.0 Å². The highest BCUT2D eigenvalue weighted by atomic mass is 19.1. The van der Waals surface area contributed by atoms with E-state index in [0.29, 0.717) is 5.56 Å². The molecule has 0 saturated heterocycles. The number of anilines is 1. The Morgan fingerprint density at radius 2 is 1.88 bits per heavy atom. The Hall–Kier alpha value is -2.56. The van der Waals surface area contributed by atoms with Gasteiger partial charge in [-0.2, -0.15) is 0 Å². The zero-order valence-electron chi connectivity index (χ0n) is 13.4. The van der Waals surface area contributed by atoms with Crippen LogP contribution in [-0.4, -0.2) is 12.0 Å². The van der Waals surface area contributed by atoms with E-state index in [1.54, 1.807) is 12.1 Å². The Balaban J connectivity index is 1.74. The Morgan fingerprint density at radius 3 is 2.54 bits per heavy atom. The van der Waals surface area contributed by atoms with Crippen LogP contribution in [0.15, 0.2) is 48.5 Å². The van der Waals surface area contributed by atoms with Crippen LogP contribution in [0.3, 0.4) is 0 Å². The van der Waals surface area contributed by atoms with E-state index in [-0.39, 0.29) is 11.9 Å². The van der Waals surface area contributed by atoms with Gasteiger partial charge in [0, 0.05) is 11.8 Å². The largest absolute Gasteiger partial charge is 0.490 e. The van der Waals surface area contributed by atoms with Crippen molar-refractivity contribution in [3.05, 3.63) is 59.9 Å². The third-order valence-electron chi connectivity index (χ3n) is 4.24. The number of nitrogens with one attached hydrogen (secondary N) is 1. The fourth-order valence-electron chi connectivity index (χ4n) is 3.00. The van der Waals surface area contributed by atoms with E-state index < -0.39 is 11.9 Å². The maximum absolute atomic E-state index is 13.1. The van der Waals surface area contributed by atoms with E-state index in [2.05, 4.69) is 5.32 Å². The van der Waals surface area contributed by atoms with Gasteiger partial charge >= 0.3 is 0 Å². The molecule has 1 aliphatic rings. The molecule has 0 radical (unpaired) electrons. The number of amides is 1. The summed E-state index contributed by atoms with van der Waals surface area (Å²) in [6.45, 7) is 0. The van der Waals surface area contributed by atoms with Crippen LogP contribution in [0.5, 0.6) is 5.75 Å². The fraction of sp³-hybridized carbons (Fsp3) is 0.316. The molecular formula is C19H21FN2O2. The third-order valence-corrected chi connectivity index (χ3v) is 4.24. The van der Waals surface area contributed by atoms with Crippen molar-refractivity contribution in [1.82, 2.24) is 0 Å². The Morgan fingerprint density at radius 1 is 1.17 bits per heavy atom. The SMILES string of the molecule is NC(=O)[C@H](Nc1cccc(OC2CCCC2)c1)c1ccc(F)cc1. The number of hydrogen-bond acceptors (Lipinski definition) is 3. The lowest BCUT2D eigenvalue weighted by Gasteiger charge is -2.19. The number of rotatable bonds is 6. The lowest BCUT2D eigenvalue weighted by molar-refractivity contribution is -0.118. The number of halogens is 1. The first kappa shape index (κ1) is 16.3. The fourth-order valence-corrected chi connectivity index (χ4v) is 3.00. The Bertz CT molecular complexity index is 697. The highest BCUT2D eigenvalue weighted by Crippen LogP contribution is 2.27. The number of benzene rings is 2. The molecule has 1 atom stereocenters. The van der Waals surface area contributed by atoms with Crippen LogP contribution in [0.2, 0.25) is 0 Å². The molecule has 1 amide bonds. The zero-order valence-corrected chi connectivity index (χ0v) is 13.4. The maximum atomic E-state index is 13.1. The minimum absolute atomic E-state index is 0.268. The smallest absolute Gasteiger partial charge is 0.244 e. The van der Waals surface area contributed by atoms with E-state index in [1.807, 2.05) is 24.3 Å². The lowest BCUT2D eigenvalue weighted by atomic mass is 10.1. The van der Waals surface area contributed by atoms with Crippen molar-refractivity contribution < 1.29 is 13.9 Å². The maximum Gasteiger partial charge on any atom is 0.244 e. The number of ether oxygens (including phenoxy) is 1. The standard InChI is InChI=1S/C19H21FN2O2/c20-14-10-8-13(9-11-14)18(19(21)23)22-15-4-3-7-17(12-15)24-16-5-1-2-6-16/h3-4,7-12,16,18,22H,1-2,5-6H2,(H2,21,23)/t18-/m1/s1. The van der Waals surface area contributed by atoms with E-state index in [0.717, 1.165) is 24.3 Å². The van der Waals surface area contributed by atoms with Gasteiger partial charge in [0.05, 0.1) is 6.10 Å². The molecule has 3 rings (SSSR count). The van der Waals surface area contributed by atoms with Crippen LogP contribution in [-0.2, 0) is 4.79 Å². The van der Waals surface area contributed by atoms with Gasteiger partial charge in [-0.3, -0.25) is 4.79 Å². The van der Waals surface area contributed by atoms with Crippen LogP contribution in [0.1, 0.15) is 37.3 Å². The molecule has 126 valence electrons. The molecule has 2 aromatic rings. The molecule has 24 heavy (non-hydrogen) atoms. The highest BCUT2D eigenvalue weighted by molar-refractivity contribution is 5.84.